The number of nitrogens with zero attached hydrogens (tertiary/aromatic N) is 2. The molecule has 0 aliphatic carbocycles. The van der Waals surface area contributed by atoms with Crippen LogP contribution in [-0.2, 0) is 10.0 Å². The summed E-state index contributed by atoms with van der Waals surface area (Å²) in [7, 11) is -3.81. The quantitative estimate of drug-likeness (QED) is 0.765. The van der Waals surface area contributed by atoms with Crippen LogP contribution in [0.15, 0.2) is 41.3 Å². The first-order valence-electron chi connectivity index (χ1n) is 5.74. The van der Waals surface area contributed by atoms with Gasteiger partial charge in [0.1, 0.15) is 15.9 Å². The number of anilines is 1. The van der Waals surface area contributed by atoms with Gasteiger partial charge in [0.15, 0.2) is 0 Å². The maximum atomic E-state index is 12.3. The van der Waals surface area contributed by atoms with Crippen molar-refractivity contribution in [2.24, 2.45) is 0 Å². The summed E-state index contributed by atoms with van der Waals surface area (Å²) in [5, 5.41) is 10.7. The summed E-state index contributed by atoms with van der Waals surface area (Å²) in [5.74, 6) is 0. The predicted octanol–water partition coefficient (Wildman–Crippen LogP) is 3.07. The normalized spacial score (nSPS) is 11.7. The lowest BCUT2D eigenvalue weighted by molar-refractivity contribution is 0.601. The summed E-state index contributed by atoms with van der Waals surface area (Å²) >= 11 is 11.7. The number of aromatic nitrogens is 3. The Morgan fingerprint density at radius 1 is 1.00 bits per heavy atom. The molecule has 21 heavy (non-hydrogen) atoms. The molecule has 0 radical (unpaired) electrons. The molecule has 0 fully saturated rings. The number of hydrogen-bond acceptors (Lipinski definition) is 4. The molecule has 0 saturated carbocycles. The van der Waals surface area contributed by atoms with Crippen LogP contribution in [0.4, 0.5) is 5.69 Å². The Kier molecular flexibility index (Phi) is 3.48. The van der Waals surface area contributed by atoms with Gasteiger partial charge in [0.05, 0.1) is 10.7 Å². The van der Waals surface area contributed by atoms with E-state index in [-0.39, 0.29) is 9.92 Å². The molecule has 108 valence electrons. The molecule has 0 aliphatic rings. The Morgan fingerprint density at radius 3 is 2.52 bits per heavy atom. The molecule has 0 spiro atoms. The van der Waals surface area contributed by atoms with Crippen LogP contribution in [0, 0.1) is 0 Å². The largest absolute Gasteiger partial charge is 0.280 e. The van der Waals surface area contributed by atoms with Crippen LogP contribution < -0.4 is 4.72 Å². The smallest absolute Gasteiger partial charge is 0.263 e. The van der Waals surface area contributed by atoms with Crippen LogP contribution in [0.25, 0.3) is 11.0 Å². The van der Waals surface area contributed by atoms with E-state index in [0.29, 0.717) is 21.7 Å². The highest BCUT2D eigenvalue weighted by Gasteiger charge is 2.18. The highest BCUT2D eigenvalue weighted by atomic mass is 35.5. The summed E-state index contributed by atoms with van der Waals surface area (Å²) < 4.78 is 27.1. The average molecular weight is 343 g/mol. The van der Waals surface area contributed by atoms with Crippen LogP contribution in [0.1, 0.15) is 0 Å². The Hall–Kier alpha value is -1.83. The summed E-state index contributed by atoms with van der Waals surface area (Å²) in [5.41, 5.74) is 1.56. The lowest BCUT2D eigenvalue weighted by Gasteiger charge is -2.09. The minimum Gasteiger partial charge on any atom is -0.280 e. The number of hydrogen-bond donors (Lipinski definition) is 2. The average Bonchev–Trinajstić information content (AvgIpc) is 2.85. The first-order chi connectivity index (χ1) is 9.95. The van der Waals surface area contributed by atoms with Gasteiger partial charge in [0.2, 0.25) is 0 Å². The number of rotatable bonds is 3. The van der Waals surface area contributed by atoms with E-state index >= 15 is 0 Å². The molecule has 1 heterocycles. The zero-order chi connectivity index (χ0) is 15.0. The molecule has 3 rings (SSSR count). The minimum absolute atomic E-state index is 0.0474. The van der Waals surface area contributed by atoms with Gasteiger partial charge in [-0.2, -0.15) is 15.4 Å². The van der Waals surface area contributed by atoms with Crippen molar-refractivity contribution in [2.75, 3.05) is 4.72 Å². The Bertz CT molecular complexity index is 924. The van der Waals surface area contributed by atoms with Gasteiger partial charge in [-0.3, -0.25) is 4.72 Å². The van der Waals surface area contributed by atoms with E-state index in [9.17, 15) is 8.42 Å². The second-order valence-electron chi connectivity index (χ2n) is 4.21. The number of halogens is 2. The number of sulfonamides is 1. The molecule has 1 aromatic heterocycles. The highest BCUT2D eigenvalue weighted by molar-refractivity contribution is 7.92. The zero-order valence-electron chi connectivity index (χ0n) is 10.3. The molecule has 0 unspecified atom stereocenters. The number of aromatic amines is 1. The van der Waals surface area contributed by atoms with Crippen LogP contribution in [0.3, 0.4) is 0 Å². The van der Waals surface area contributed by atoms with Gasteiger partial charge < -0.3 is 0 Å². The van der Waals surface area contributed by atoms with E-state index < -0.39 is 10.0 Å². The lowest BCUT2D eigenvalue weighted by Crippen LogP contribution is -2.13. The fraction of sp³-hybridized carbons (Fsp3) is 0. The SMILES string of the molecule is O=S(=O)(Nc1ccc2n[nH]nc2c1)c1ccc(Cl)cc1Cl. The van der Waals surface area contributed by atoms with Gasteiger partial charge >= 0.3 is 0 Å². The van der Waals surface area contributed by atoms with Crippen LogP contribution in [0.5, 0.6) is 0 Å². The molecule has 9 heteroatoms. The monoisotopic (exact) mass is 342 g/mol. The van der Waals surface area contributed by atoms with Crippen molar-refractivity contribution in [1.82, 2.24) is 15.4 Å². The van der Waals surface area contributed by atoms with Gasteiger partial charge in [-0.05, 0) is 36.4 Å². The standard InChI is InChI=1S/C12H8Cl2N4O2S/c13-7-1-4-12(9(14)5-7)21(19,20)17-8-2-3-10-11(6-8)16-18-15-10/h1-6,17H,(H,15,16,18). The van der Waals surface area contributed by atoms with Crippen molar-refractivity contribution in [2.45, 2.75) is 4.90 Å². The molecule has 2 N–H and O–H groups in total. The summed E-state index contributed by atoms with van der Waals surface area (Å²) in [6.07, 6.45) is 0. The maximum Gasteiger partial charge on any atom is 0.263 e. The van der Waals surface area contributed by atoms with Gasteiger partial charge in [-0.15, -0.1) is 0 Å². The first-order valence-corrected chi connectivity index (χ1v) is 7.98. The molecule has 0 aliphatic heterocycles. The Morgan fingerprint density at radius 2 is 1.76 bits per heavy atom. The van der Waals surface area contributed by atoms with Gasteiger partial charge in [0.25, 0.3) is 10.0 Å². The minimum atomic E-state index is -3.81. The number of benzene rings is 2. The molecule has 6 nitrogen and oxygen atoms in total. The molecular weight excluding hydrogens is 335 g/mol. The highest BCUT2D eigenvalue weighted by Crippen LogP contribution is 2.27. The fourth-order valence-electron chi connectivity index (χ4n) is 1.81. The number of nitrogens with one attached hydrogen (secondary N) is 2. The summed E-state index contributed by atoms with van der Waals surface area (Å²) in [6.45, 7) is 0. The first kappa shape index (κ1) is 14.1. The van der Waals surface area contributed by atoms with Gasteiger partial charge in [-0.1, -0.05) is 23.2 Å². The number of fused-ring (bicyclic) bond motifs is 1. The van der Waals surface area contributed by atoms with Crippen molar-refractivity contribution in [3.8, 4) is 0 Å². The van der Waals surface area contributed by atoms with E-state index in [1.165, 1.54) is 18.2 Å². The maximum absolute atomic E-state index is 12.3. The van der Waals surface area contributed by atoms with E-state index in [4.69, 9.17) is 23.2 Å². The Labute approximate surface area is 130 Å². The molecule has 0 atom stereocenters. The number of H-pyrrole nitrogens is 1. The third kappa shape index (κ3) is 2.80. The topological polar surface area (TPSA) is 87.7 Å². The second-order valence-corrected chi connectivity index (χ2v) is 6.70. The van der Waals surface area contributed by atoms with E-state index in [2.05, 4.69) is 20.1 Å². The zero-order valence-corrected chi connectivity index (χ0v) is 12.7. The fourth-order valence-corrected chi connectivity index (χ4v) is 3.63. The van der Waals surface area contributed by atoms with Crippen molar-refractivity contribution in [3.05, 3.63) is 46.4 Å². The molecule has 0 bridgehead atoms. The van der Waals surface area contributed by atoms with Crippen molar-refractivity contribution < 1.29 is 8.42 Å². The van der Waals surface area contributed by atoms with Crippen molar-refractivity contribution >= 4 is 49.9 Å². The van der Waals surface area contributed by atoms with Crippen molar-refractivity contribution in [1.29, 1.82) is 0 Å². The van der Waals surface area contributed by atoms with Crippen LogP contribution in [0.2, 0.25) is 10.0 Å². The van der Waals surface area contributed by atoms with Gasteiger partial charge in [0, 0.05) is 5.02 Å². The molecule has 3 aromatic rings. The third-order valence-corrected chi connectivity index (χ3v) is 4.85. The molecule has 0 saturated heterocycles. The van der Waals surface area contributed by atoms with Crippen molar-refractivity contribution in [3.63, 3.8) is 0 Å². The van der Waals surface area contributed by atoms with Crippen LogP contribution >= 0.6 is 23.2 Å². The molecular formula is C12H8Cl2N4O2S. The summed E-state index contributed by atoms with van der Waals surface area (Å²) in [6, 6.07) is 9.00. The summed E-state index contributed by atoms with van der Waals surface area (Å²) in [4.78, 5) is -0.0474. The molecule has 0 amide bonds. The van der Waals surface area contributed by atoms with E-state index in [1.54, 1.807) is 18.2 Å². The predicted molar refractivity (Wildman–Crippen MR) is 81.2 cm³/mol. The molecule has 2 aromatic carbocycles. The lowest BCUT2D eigenvalue weighted by atomic mass is 10.3. The third-order valence-electron chi connectivity index (χ3n) is 2.75. The van der Waals surface area contributed by atoms with Gasteiger partial charge in [-0.25, -0.2) is 8.42 Å². The Balaban J connectivity index is 1.98. The van der Waals surface area contributed by atoms with Crippen LogP contribution in [-0.4, -0.2) is 23.8 Å². The second kappa shape index (κ2) is 5.18. The van der Waals surface area contributed by atoms with E-state index in [0.717, 1.165) is 0 Å². The van der Waals surface area contributed by atoms with E-state index in [1.807, 2.05) is 0 Å².